The highest BCUT2D eigenvalue weighted by Crippen LogP contribution is 2.81. The van der Waals surface area contributed by atoms with Crippen LogP contribution in [-0.2, 0) is 0 Å². The molecule has 5 fully saturated rings. The molecule has 5 aliphatic carbocycles. The summed E-state index contributed by atoms with van der Waals surface area (Å²) in [6.45, 7) is 4.85. The quantitative estimate of drug-likeness (QED) is 0.718. The molecule has 0 aliphatic heterocycles. The van der Waals surface area contributed by atoms with E-state index >= 15 is 0 Å². The second-order valence-corrected chi connectivity index (χ2v) is 9.66. The van der Waals surface area contributed by atoms with Crippen molar-refractivity contribution in [1.82, 2.24) is 0 Å². The van der Waals surface area contributed by atoms with Gasteiger partial charge in [-0.05, 0) is 85.9 Å². The molecule has 5 saturated carbocycles. The highest BCUT2D eigenvalue weighted by molar-refractivity contribution is 5.25. The summed E-state index contributed by atoms with van der Waals surface area (Å²) in [6.07, 6.45) is 9.59. The van der Waals surface area contributed by atoms with E-state index in [-0.39, 0.29) is 17.6 Å². The molecule has 5 aliphatic rings. The van der Waals surface area contributed by atoms with Crippen molar-refractivity contribution in [1.29, 1.82) is 0 Å². The summed E-state index contributed by atoms with van der Waals surface area (Å²) in [5.41, 5.74) is 0.845. The molecule has 2 nitrogen and oxygen atoms in total. The Hall–Kier alpha value is -0.0800. The standard InChI is InChI=1S/C19H30O2/c1-17-7-6-14-12(13(17)3-4-15(17)20)9-16(21)19-10-11(19)5-8-18(14,19)2/h11-16,20-21H,3-10H2,1-2H3/t11-,12+,13-,14+,15-,16-,17-,18+,19-/m0/s1. The van der Waals surface area contributed by atoms with Gasteiger partial charge in [-0.3, -0.25) is 0 Å². The largest absolute Gasteiger partial charge is 0.393 e. The monoisotopic (exact) mass is 290 g/mol. The maximum atomic E-state index is 11.0. The molecule has 21 heavy (non-hydrogen) atoms. The first kappa shape index (κ1) is 13.4. The number of rotatable bonds is 0. The lowest BCUT2D eigenvalue weighted by Crippen LogP contribution is -2.56. The first-order valence-corrected chi connectivity index (χ1v) is 9.29. The van der Waals surface area contributed by atoms with Gasteiger partial charge in [-0.15, -0.1) is 0 Å². The molecule has 2 N–H and O–H groups in total. The van der Waals surface area contributed by atoms with Crippen molar-refractivity contribution in [2.24, 2.45) is 39.9 Å². The highest BCUT2D eigenvalue weighted by atomic mass is 16.3. The van der Waals surface area contributed by atoms with Crippen molar-refractivity contribution < 1.29 is 10.2 Å². The molecule has 0 saturated heterocycles. The first-order valence-electron chi connectivity index (χ1n) is 9.29. The van der Waals surface area contributed by atoms with Crippen LogP contribution in [-0.4, -0.2) is 22.4 Å². The molecule has 2 heteroatoms. The number of hydrogen-bond donors (Lipinski definition) is 2. The van der Waals surface area contributed by atoms with Crippen molar-refractivity contribution >= 4 is 0 Å². The molecule has 0 heterocycles. The van der Waals surface area contributed by atoms with Crippen molar-refractivity contribution in [3.63, 3.8) is 0 Å². The van der Waals surface area contributed by atoms with Crippen LogP contribution in [0, 0.1) is 39.9 Å². The summed E-state index contributed by atoms with van der Waals surface area (Å²) in [6, 6.07) is 0. The molecule has 9 atom stereocenters. The van der Waals surface area contributed by atoms with Crippen molar-refractivity contribution in [2.45, 2.75) is 77.4 Å². The zero-order valence-electron chi connectivity index (χ0n) is 13.5. The number of hydrogen-bond acceptors (Lipinski definition) is 2. The zero-order chi connectivity index (χ0) is 14.6. The highest BCUT2D eigenvalue weighted by Gasteiger charge is 2.77. The average molecular weight is 290 g/mol. The Balaban J connectivity index is 1.55. The maximum absolute atomic E-state index is 11.0. The fraction of sp³-hybridized carbons (Fsp3) is 1.00. The van der Waals surface area contributed by atoms with Gasteiger partial charge in [0.15, 0.2) is 0 Å². The van der Waals surface area contributed by atoms with E-state index in [1.807, 2.05) is 0 Å². The van der Waals surface area contributed by atoms with Gasteiger partial charge in [-0.2, -0.15) is 0 Å². The maximum Gasteiger partial charge on any atom is 0.0607 e. The van der Waals surface area contributed by atoms with E-state index in [0.717, 1.165) is 24.7 Å². The van der Waals surface area contributed by atoms with Crippen molar-refractivity contribution in [2.75, 3.05) is 0 Å². The third-order valence-corrected chi connectivity index (χ3v) is 9.52. The Morgan fingerprint density at radius 1 is 0.857 bits per heavy atom. The van der Waals surface area contributed by atoms with Crippen LogP contribution in [0.25, 0.3) is 0 Å². The Bertz CT molecular complexity index is 490. The fourth-order valence-corrected chi connectivity index (χ4v) is 8.28. The van der Waals surface area contributed by atoms with Gasteiger partial charge >= 0.3 is 0 Å². The molecule has 5 rings (SSSR count). The lowest BCUT2D eigenvalue weighted by atomic mass is 9.46. The van der Waals surface area contributed by atoms with Crippen molar-refractivity contribution in [3.05, 3.63) is 0 Å². The van der Waals surface area contributed by atoms with E-state index in [0.29, 0.717) is 22.7 Å². The second-order valence-electron chi connectivity index (χ2n) is 9.66. The van der Waals surface area contributed by atoms with E-state index in [4.69, 9.17) is 0 Å². The van der Waals surface area contributed by atoms with Gasteiger partial charge in [0, 0.05) is 5.41 Å². The third kappa shape index (κ3) is 1.27. The molecule has 0 bridgehead atoms. The van der Waals surface area contributed by atoms with Crippen LogP contribution in [0.2, 0.25) is 0 Å². The Morgan fingerprint density at radius 2 is 1.67 bits per heavy atom. The lowest BCUT2D eigenvalue weighted by molar-refractivity contribution is -0.155. The zero-order valence-corrected chi connectivity index (χ0v) is 13.5. The molecule has 0 aromatic rings. The first-order chi connectivity index (χ1) is 9.93. The van der Waals surface area contributed by atoms with Gasteiger partial charge in [0.1, 0.15) is 0 Å². The third-order valence-electron chi connectivity index (χ3n) is 9.52. The summed E-state index contributed by atoms with van der Waals surface area (Å²) in [5, 5.41) is 21.5. The van der Waals surface area contributed by atoms with Gasteiger partial charge in [0.2, 0.25) is 0 Å². The Labute approximate surface area is 128 Å². The smallest absolute Gasteiger partial charge is 0.0607 e. The minimum absolute atomic E-state index is 0.0589. The predicted octanol–water partition coefficient (Wildman–Crippen LogP) is 3.36. The van der Waals surface area contributed by atoms with E-state index in [1.165, 1.54) is 38.5 Å². The van der Waals surface area contributed by atoms with Gasteiger partial charge < -0.3 is 10.2 Å². The predicted molar refractivity (Wildman–Crippen MR) is 81.6 cm³/mol. The summed E-state index contributed by atoms with van der Waals surface area (Å²) in [4.78, 5) is 0. The second kappa shape index (κ2) is 3.70. The number of aliphatic hydroxyl groups excluding tert-OH is 2. The summed E-state index contributed by atoms with van der Waals surface area (Å²) < 4.78 is 0. The minimum atomic E-state index is -0.0958. The van der Waals surface area contributed by atoms with Gasteiger partial charge in [0.05, 0.1) is 12.2 Å². The topological polar surface area (TPSA) is 40.5 Å². The molecule has 0 radical (unpaired) electrons. The molecule has 0 aromatic carbocycles. The fourth-order valence-electron chi connectivity index (χ4n) is 8.28. The van der Waals surface area contributed by atoms with Crippen LogP contribution in [0.1, 0.15) is 65.2 Å². The molecule has 1 spiro atoms. The van der Waals surface area contributed by atoms with Crippen LogP contribution >= 0.6 is 0 Å². The Kier molecular flexibility index (Phi) is 2.35. The van der Waals surface area contributed by atoms with Crippen LogP contribution in [0.5, 0.6) is 0 Å². The van der Waals surface area contributed by atoms with Crippen LogP contribution in [0.4, 0.5) is 0 Å². The number of aliphatic hydroxyl groups is 2. The molecular weight excluding hydrogens is 260 g/mol. The lowest BCUT2D eigenvalue weighted by Gasteiger charge is -2.59. The van der Waals surface area contributed by atoms with Gasteiger partial charge in [-0.25, -0.2) is 0 Å². The normalized spacial score (nSPS) is 68.0. The molecule has 0 amide bonds. The number of fused-ring (bicyclic) bond motifs is 4. The SMILES string of the molecule is C[C@]12CC[C@@H]3[C@H](C[C@H](O)[C@]45C[C@@H]4CC[C@]35C)[C@@H]1CC[C@@H]2O. The van der Waals surface area contributed by atoms with E-state index in [2.05, 4.69) is 13.8 Å². The van der Waals surface area contributed by atoms with Crippen LogP contribution in [0.3, 0.4) is 0 Å². The summed E-state index contributed by atoms with van der Waals surface area (Å²) in [5.74, 6) is 2.98. The van der Waals surface area contributed by atoms with Crippen molar-refractivity contribution in [3.8, 4) is 0 Å². The summed E-state index contributed by atoms with van der Waals surface area (Å²) in [7, 11) is 0. The van der Waals surface area contributed by atoms with E-state index < -0.39 is 0 Å². The van der Waals surface area contributed by atoms with E-state index in [9.17, 15) is 10.2 Å². The molecule has 0 unspecified atom stereocenters. The minimum Gasteiger partial charge on any atom is -0.393 e. The van der Waals surface area contributed by atoms with Gasteiger partial charge in [-0.1, -0.05) is 13.8 Å². The molecular formula is C19H30O2. The average Bonchev–Trinajstić information content (AvgIpc) is 3.01. The van der Waals surface area contributed by atoms with E-state index in [1.54, 1.807) is 0 Å². The summed E-state index contributed by atoms with van der Waals surface area (Å²) >= 11 is 0. The molecule has 0 aromatic heterocycles. The van der Waals surface area contributed by atoms with Crippen LogP contribution < -0.4 is 0 Å². The van der Waals surface area contributed by atoms with Gasteiger partial charge in [0.25, 0.3) is 0 Å². The Morgan fingerprint density at radius 3 is 2.43 bits per heavy atom. The van der Waals surface area contributed by atoms with Crippen LogP contribution in [0.15, 0.2) is 0 Å². The molecule has 118 valence electrons.